The standard InChI is InChI=1S/C62H69N3O/c1-58(2,3)44-26-24-39(25-27-44)41-30-31-63-52(35-41)43-32-42(33-46(34-43)60(7,8)9)48-22-19-23-54-55(48)64-57(50-37-47(61(10,11)12)38-51(56(50)66)62(13,14)15)65(54)53-29-28-45(59(4,5)6)36-49(53)40-20-17-16-18-21-40/h16-38,66H,1-15H3/i1D3,2D3,3D3,10D3,11D3,12D3,13D3,14D3,15D3,24D,25D,26D,27D,30D,31D,35D. The molecule has 2 aromatic heterocycles. The Bertz CT molecular complexity index is 4380. The molecule has 6 aromatic carbocycles. The third-order valence-corrected chi connectivity index (χ3v) is 11.3. The van der Waals surface area contributed by atoms with Gasteiger partial charge >= 0.3 is 0 Å². The molecule has 0 atom stereocenters. The van der Waals surface area contributed by atoms with Crippen molar-refractivity contribution in [1.82, 2.24) is 14.5 Å². The first kappa shape index (κ1) is 20.3. The van der Waals surface area contributed by atoms with Crippen molar-refractivity contribution in [2.24, 2.45) is 0 Å². The van der Waals surface area contributed by atoms with Crippen molar-refractivity contribution in [3.8, 4) is 67.5 Å². The van der Waals surface area contributed by atoms with Gasteiger partial charge in [0, 0.05) is 65.4 Å². The van der Waals surface area contributed by atoms with Gasteiger partial charge in [0.2, 0.25) is 0 Å². The van der Waals surface area contributed by atoms with Crippen LogP contribution in [0.3, 0.4) is 0 Å². The molecule has 0 saturated heterocycles. The molecule has 0 aliphatic heterocycles. The molecular formula is C62H69N3O. The Morgan fingerprint density at radius 2 is 1.14 bits per heavy atom. The molecule has 8 rings (SSSR count). The predicted molar refractivity (Wildman–Crippen MR) is 281 cm³/mol. The van der Waals surface area contributed by atoms with E-state index in [0.29, 0.717) is 22.8 Å². The zero-order valence-corrected chi connectivity index (χ0v) is 37.0. The van der Waals surface area contributed by atoms with E-state index in [2.05, 4.69) is 4.98 Å². The number of fused-ring (bicyclic) bond motifs is 1. The highest BCUT2D eigenvalue weighted by Crippen LogP contribution is 2.46. The average molecular weight is 906 g/mol. The number of phenols is 1. The molecule has 0 unspecified atom stereocenters. The minimum absolute atomic E-state index is 0.0181. The van der Waals surface area contributed by atoms with E-state index in [-0.39, 0.29) is 39.5 Å². The van der Waals surface area contributed by atoms with E-state index < -0.39 is 182 Å². The average Bonchev–Trinajstić information content (AvgIpc) is 0.782. The van der Waals surface area contributed by atoms with E-state index in [9.17, 15) is 9.22 Å². The minimum Gasteiger partial charge on any atom is -0.507 e. The lowest BCUT2D eigenvalue weighted by Gasteiger charge is -2.28. The van der Waals surface area contributed by atoms with E-state index in [1.807, 2.05) is 20.8 Å². The van der Waals surface area contributed by atoms with Crippen molar-refractivity contribution in [2.45, 2.75) is 130 Å². The summed E-state index contributed by atoms with van der Waals surface area (Å²) in [6.07, 6.45) is -0.941. The van der Waals surface area contributed by atoms with Crippen LogP contribution in [-0.4, -0.2) is 19.6 Å². The summed E-state index contributed by atoms with van der Waals surface area (Å²) in [7, 11) is 0. The van der Waals surface area contributed by atoms with Gasteiger partial charge in [-0.1, -0.05) is 188 Å². The molecule has 0 aliphatic rings. The van der Waals surface area contributed by atoms with Crippen molar-refractivity contribution in [2.75, 3.05) is 0 Å². The van der Waals surface area contributed by atoms with E-state index in [0.717, 1.165) is 5.56 Å². The summed E-state index contributed by atoms with van der Waals surface area (Å²) in [6.45, 7) is -26.5. The van der Waals surface area contributed by atoms with E-state index in [1.54, 1.807) is 75.4 Å². The summed E-state index contributed by atoms with van der Waals surface area (Å²) < 4.78 is 299. The van der Waals surface area contributed by atoms with Gasteiger partial charge in [-0.25, -0.2) is 4.98 Å². The molecule has 8 aromatic rings. The molecule has 0 aliphatic carbocycles. The molecular weight excluding hydrogens is 803 g/mol. The Morgan fingerprint density at radius 3 is 1.80 bits per heavy atom. The summed E-state index contributed by atoms with van der Waals surface area (Å²) in [6, 6.07) is 16.2. The lowest BCUT2D eigenvalue weighted by atomic mass is 9.79. The van der Waals surface area contributed by atoms with Crippen LogP contribution in [0, 0.1) is 0 Å². The predicted octanol–water partition coefficient (Wildman–Crippen LogP) is 16.9. The summed E-state index contributed by atoms with van der Waals surface area (Å²) in [5.41, 5.74) is -19.5. The van der Waals surface area contributed by atoms with Gasteiger partial charge in [-0.2, -0.15) is 0 Å². The van der Waals surface area contributed by atoms with Crippen molar-refractivity contribution in [3.05, 3.63) is 167 Å². The van der Waals surface area contributed by atoms with Crippen LogP contribution in [0.2, 0.25) is 0 Å². The Kier molecular flexibility index (Phi) is 5.10. The van der Waals surface area contributed by atoms with Gasteiger partial charge in [0.1, 0.15) is 11.6 Å². The van der Waals surface area contributed by atoms with Crippen LogP contribution in [0.4, 0.5) is 0 Å². The van der Waals surface area contributed by atoms with Gasteiger partial charge in [0.25, 0.3) is 0 Å². The Labute approximate surface area is 442 Å². The van der Waals surface area contributed by atoms with Gasteiger partial charge in [0.05, 0.1) is 37.6 Å². The largest absolute Gasteiger partial charge is 0.507 e. The lowest BCUT2D eigenvalue weighted by Crippen LogP contribution is -2.17. The number of aromatic nitrogens is 3. The molecule has 0 bridgehead atoms. The van der Waals surface area contributed by atoms with Crippen molar-refractivity contribution in [1.29, 1.82) is 0 Å². The molecule has 0 fully saturated rings. The van der Waals surface area contributed by atoms with Crippen molar-refractivity contribution in [3.63, 3.8) is 0 Å². The molecule has 0 saturated carbocycles. The van der Waals surface area contributed by atoms with Crippen LogP contribution in [0.25, 0.3) is 72.7 Å². The summed E-state index contributed by atoms with van der Waals surface area (Å²) >= 11 is 0. The number of phenolic OH excluding ortho intramolecular Hbond substituents is 1. The van der Waals surface area contributed by atoms with Crippen LogP contribution in [0.15, 0.2) is 139 Å². The van der Waals surface area contributed by atoms with Crippen LogP contribution < -0.4 is 0 Å². The highest BCUT2D eigenvalue weighted by atomic mass is 16.3. The van der Waals surface area contributed by atoms with Crippen LogP contribution in [-0.2, 0) is 27.1 Å². The smallest absolute Gasteiger partial charge is 0.149 e. The van der Waals surface area contributed by atoms with E-state index in [4.69, 9.17) is 47.5 Å². The molecule has 4 heteroatoms. The topological polar surface area (TPSA) is 50.9 Å². The fourth-order valence-electron chi connectivity index (χ4n) is 7.67. The fourth-order valence-corrected chi connectivity index (χ4v) is 7.67. The summed E-state index contributed by atoms with van der Waals surface area (Å²) in [5, 5.41) is 13.2. The molecule has 338 valence electrons. The Balaban J connectivity index is 1.61. The number of para-hydroxylation sites is 1. The second-order valence-corrected chi connectivity index (χ2v) is 18.5. The summed E-state index contributed by atoms with van der Waals surface area (Å²) in [4.78, 5) is 9.39. The van der Waals surface area contributed by atoms with Gasteiger partial charge in [-0.15, -0.1) is 0 Å². The lowest BCUT2D eigenvalue weighted by molar-refractivity contribution is 0.446. The number of imidazole rings is 1. The molecule has 2 heterocycles. The third-order valence-electron chi connectivity index (χ3n) is 11.3. The zero-order valence-electron chi connectivity index (χ0n) is 71.0. The maximum atomic E-state index is 13.2. The number of benzene rings is 6. The van der Waals surface area contributed by atoms with Gasteiger partial charge in [-0.3, -0.25) is 9.55 Å². The van der Waals surface area contributed by atoms with Crippen LogP contribution in [0.1, 0.15) is 178 Å². The maximum absolute atomic E-state index is 13.2. The first-order valence-corrected chi connectivity index (χ1v) is 20.8. The fraction of sp³-hybridized carbons (Fsp3) is 0.323. The number of aromatic hydroxyl groups is 1. The highest BCUT2D eigenvalue weighted by Gasteiger charge is 2.30. The molecule has 4 nitrogen and oxygen atoms in total. The van der Waals surface area contributed by atoms with E-state index >= 15 is 0 Å². The Morgan fingerprint density at radius 1 is 0.500 bits per heavy atom. The second-order valence-electron chi connectivity index (χ2n) is 18.5. The number of nitrogens with zero attached hydrogens (tertiary/aromatic N) is 3. The normalized spacial score (nSPS) is 22.1. The molecule has 0 radical (unpaired) electrons. The Hall–Kier alpha value is -6.26. The molecule has 66 heavy (non-hydrogen) atoms. The van der Waals surface area contributed by atoms with Crippen LogP contribution >= 0.6 is 0 Å². The molecule has 0 amide bonds. The quantitative estimate of drug-likeness (QED) is 0.181. The van der Waals surface area contributed by atoms with Crippen molar-refractivity contribution < 1.29 is 51.7 Å². The van der Waals surface area contributed by atoms with Crippen LogP contribution in [0.5, 0.6) is 5.75 Å². The number of hydrogen-bond acceptors (Lipinski definition) is 3. The monoisotopic (exact) mass is 906 g/mol. The van der Waals surface area contributed by atoms with Gasteiger partial charge in [-0.05, 0) is 120 Å². The first-order chi connectivity index (χ1) is 45.0. The minimum atomic E-state index is -4.30. The molecule has 1 N–H and O–H groups in total. The SMILES string of the molecule is [2H]c1nc(-c2cc(-c3cccc4c3nc(-c3cc(C(C([2H])([2H])[2H])(C([2H])([2H])[2H])C([2H])([2H])[2H])cc(C(C([2H])([2H])[2H])(C([2H])([2H])[2H])C([2H])([2H])[2H])c3O)n4-c3ccc(C(C)(C)C)cc3-c3ccccc3)cc(C(C)(C)C)c2)c([2H])c(-c2c([2H])c([2H])c(C(C([2H])([2H])[2H])(C([2H])([2H])[2H])C([2H])([2H])[2H])c([2H])c2[2H])c1[2H]. The second kappa shape index (κ2) is 16.6. The number of hydrogen-bond donors (Lipinski definition) is 1. The summed E-state index contributed by atoms with van der Waals surface area (Å²) in [5.74, 6) is -2.16. The van der Waals surface area contributed by atoms with E-state index in [1.165, 1.54) is 34.9 Å². The van der Waals surface area contributed by atoms with Gasteiger partial charge < -0.3 is 5.11 Å². The number of rotatable bonds is 6. The highest BCUT2D eigenvalue weighted by molar-refractivity contribution is 5.98. The maximum Gasteiger partial charge on any atom is 0.149 e. The zero-order chi connectivity index (χ0) is 76.3. The van der Waals surface area contributed by atoms with Crippen molar-refractivity contribution >= 4 is 11.0 Å². The number of pyridine rings is 1. The molecule has 0 spiro atoms. The van der Waals surface area contributed by atoms with Gasteiger partial charge in [0.15, 0.2) is 0 Å². The first-order valence-electron chi connectivity index (χ1n) is 37.8. The third kappa shape index (κ3) is 9.12.